The van der Waals surface area contributed by atoms with Crippen molar-refractivity contribution in [2.45, 2.75) is 44.0 Å². The Kier molecular flexibility index (Phi) is 4.68. The van der Waals surface area contributed by atoms with Gasteiger partial charge in [0.1, 0.15) is 6.61 Å². The minimum absolute atomic E-state index is 0.00160. The minimum Gasteiger partial charge on any atom is -0.366 e. The molecule has 1 aromatic heterocycles. The second kappa shape index (κ2) is 7.07. The van der Waals surface area contributed by atoms with E-state index in [1.807, 2.05) is 0 Å². The molecule has 1 spiro atoms. The van der Waals surface area contributed by atoms with Crippen molar-refractivity contribution >= 4 is 11.9 Å². The van der Waals surface area contributed by atoms with Crippen molar-refractivity contribution in [1.29, 1.82) is 0 Å². The van der Waals surface area contributed by atoms with Crippen molar-refractivity contribution in [1.82, 2.24) is 30.1 Å². The maximum atomic E-state index is 13.1. The summed E-state index contributed by atoms with van der Waals surface area (Å²) in [5, 5.41) is 10.3. The Hall–Kier alpha value is -2.37. The van der Waals surface area contributed by atoms with Gasteiger partial charge in [0.25, 0.3) is 0 Å². The molecule has 0 bridgehead atoms. The molecule has 1 aliphatic carbocycles. The van der Waals surface area contributed by atoms with Crippen molar-refractivity contribution in [3.63, 3.8) is 0 Å². The van der Waals surface area contributed by atoms with E-state index in [9.17, 15) is 22.8 Å². The summed E-state index contributed by atoms with van der Waals surface area (Å²) in [4.78, 5) is 28.9. The summed E-state index contributed by atoms with van der Waals surface area (Å²) in [6, 6.07) is -0.210. The number of urea groups is 1. The summed E-state index contributed by atoms with van der Waals surface area (Å²) in [5.41, 5.74) is -0.883. The largest absolute Gasteiger partial charge is 0.437 e. The van der Waals surface area contributed by atoms with Gasteiger partial charge in [-0.05, 0) is 31.6 Å². The summed E-state index contributed by atoms with van der Waals surface area (Å²) < 4.78 is 44.9. The van der Waals surface area contributed by atoms with Crippen LogP contribution in [-0.2, 0) is 29.2 Å². The normalized spacial score (nSPS) is 28.1. The Labute approximate surface area is 176 Å². The summed E-state index contributed by atoms with van der Waals surface area (Å²) in [7, 11) is 1.39. The van der Waals surface area contributed by atoms with Crippen molar-refractivity contribution < 1.29 is 27.5 Å². The van der Waals surface area contributed by atoms with E-state index < -0.39 is 11.9 Å². The van der Waals surface area contributed by atoms with Crippen molar-refractivity contribution in [3.05, 3.63) is 11.4 Å². The molecule has 3 aliphatic heterocycles. The van der Waals surface area contributed by atoms with Gasteiger partial charge in [0.2, 0.25) is 5.91 Å². The molecule has 4 aliphatic rings. The first-order chi connectivity index (χ1) is 14.6. The van der Waals surface area contributed by atoms with E-state index in [1.165, 1.54) is 7.05 Å². The van der Waals surface area contributed by atoms with Crippen LogP contribution in [-0.4, -0.2) is 81.7 Å². The minimum atomic E-state index is -4.50. The van der Waals surface area contributed by atoms with Crippen molar-refractivity contribution in [2.75, 3.05) is 32.8 Å². The van der Waals surface area contributed by atoms with Crippen LogP contribution in [0.15, 0.2) is 0 Å². The molecule has 9 nitrogen and oxygen atoms in total. The lowest BCUT2D eigenvalue weighted by Crippen LogP contribution is -2.68. The van der Waals surface area contributed by atoms with Gasteiger partial charge in [-0.2, -0.15) is 23.1 Å². The number of alkyl halides is 3. The molecule has 5 rings (SSSR count). The first-order valence-corrected chi connectivity index (χ1v) is 10.5. The van der Waals surface area contributed by atoms with Gasteiger partial charge in [0, 0.05) is 38.6 Å². The van der Waals surface area contributed by atoms with Crippen LogP contribution in [0.1, 0.15) is 30.7 Å². The number of hydrogen-bond acceptors (Lipinski definition) is 5. The highest BCUT2D eigenvalue weighted by atomic mass is 19.4. The third-order valence-corrected chi connectivity index (χ3v) is 6.90. The van der Waals surface area contributed by atoms with Crippen LogP contribution in [0, 0.1) is 11.3 Å². The highest BCUT2D eigenvalue weighted by Crippen LogP contribution is 2.53. The summed E-state index contributed by atoms with van der Waals surface area (Å²) in [6.07, 6.45) is -2.01. The fourth-order valence-electron chi connectivity index (χ4n) is 5.62. The van der Waals surface area contributed by atoms with E-state index in [0.717, 1.165) is 17.6 Å². The molecule has 0 aromatic carbocycles. The number of carbonyl (C=O) groups is 2. The maximum absolute atomic E-state index is 13.1. The second-order valence-electron chi connectivity index (χ2n) is 9.36. The Balaban J connectivity index is 1.11. The summed E-state index contributed by atoms with van der Waals surface area (Å²) >= 11 is 0. The lowest BCUT2D eigenvalue weighted by atomic mass is 9.57. The molecule has 3 saturated heterocycles. The van der Waals surface area contributed by atoms with Gasteiger partial charge in [-0.1, -0.05) is 0 Å². The molecular weight excluding hydrogens is 417 g/mol. The second-order valence-corrected chi connectivity index (χ2v) is 9.36. The molecule has 12 heteroatoms. The molecule has 1 saturated carbocycles. The van der Waals surface area contributed by atoms with Gasteiger partial charge >= 0.3 is 12.2 Å². The quantitative estimate of drug-likeness (QED) is 0.732. The highest BCUT2D eigenvalue weighted by Gasteiger charge is 2.55. The Bertz CT molecular complexity index is 889. The average Bonchev–Trinajstić information content (AvgIpc) is 3.02. The number of morpholine rings is 1. The zero-order valence-corrected chi connectivity index (χ0v) is 17.2. The number of rotatable bonds is 2. The molecule has 3 amide bonds. The van der Waals surface area contributed by atoms with E-state index >= 15 is 0 Å². The lowest BCUT2D eigenvalue weighted by molar-refractivity contribution is -0.142. The van der Waals surface area contributed by atoms with E-state index in [4.69, 9.17) is 4.74 Å². The van der Waals surface area contributed by atoms with Gasteiger partial charge in [-0.25, -0.2) is 4.79 Å². The van der Waals surface area contributed by atoms with Crippen LogP contribution in [0.25, 0.3) is 0 Å². The van der Waals surface area contributed by atoms with Gasteiger partial charge < -0.3 is 19.9 Å². The highest BCUT2D eigenvalue weighted by molar-refractivity contribution is 5.79. The smallest absolute Gasteiger partial charge is 0.366 e. The topological polar surface area (TPSA) is 92.6 Å². The Morgan fingerprint density at radius 2 is 2.00 bits per heavy atom. The Morgan fingerprint density at radius 3 is 2.71 bits per heavy atom. The predicted molar refractivity (Wildman–Crippen MR) is 99.7 cm³/mol. The molecule has 0 radical (unpaired) electrons. The van der Waals surface area contributed by atoms with Gasteiger partial charge in [0.15, 0.2) is 5.69 Å². The molecule has 4 fully saturated rings. The number of halogens is 3. The Morgan fingerprint density at radius 1 is 1.26 bits per heavy atom. The number of ether oxygens (including phenoxy) is 1. The van der Waals surface area contributed by atoms with Crippen molar-refractivity contribution in [3.8, 4) is 0 Å². The fraction of sp³-hybridized carbons (Fsp3) is 0.789. The number of piperidine rings is 1. The van der Waals surface area contributed by atoms with E-state index in [0.29, 0.717) is 32.6 Å². The first kappa shape index (κ1) is 20.5. The van der Waals surface area contributed by atoms with Crippen LogP contribution >= 0.6 is 0 Å². The summed E-state index contributed by atoms with van der Waals surface area (Å²) in [5.74, 6) is -0.0313. The van der Waals surface area contributed by atoms with Crippen LogP contribution < -0.4 is 5.32 Å². The molecular formula is C19H25F3N6O3. The van der Waals surface area contributed by atoms with Crippen LogP contribution in [0.3, 0.4) is 0 Å². The predicted octanol–water partition coefficient (Wildman–Crippen LogP) is 0.798. The number of aromatic nitrogens is 3. The molecule has 1 N–H and O–H groups in total. The number of likely N-dealkylation sites (tertiary alicyclic amines) is 2. The zero-order chi connectivity index (χ0) is 22.0. The number of nitrogens with one attached hydrogen (secondary N) is 1. The summed E-state index contributed by atoms with van der Waals surface area (Å²) in [6.45, 7) is 2.36. The number of nitrogens with zero attached hydrogens (tertiary/aromatic N) is 5. The van der Waals surface area contributed by atoms with Crippen LogP contribution in [0.5, 0.6) is 0 Å². The number of aryl methyl sites for hydroxylation is 1. The lowest BCUT2D eigenvalue weighted by Gasteiger charge is -2.60. The SMILES string of the molecule is Cn1nc(CC2CC3(C2)CN(C(=O)N2CCC4OCC(=O)N[C@@H]4C2)C3)c(C(F)(F)F)n1. The van der Waals surface area contributed by atoms with Crippen LogP contribution in [0.2, 0.25) is 0 Å². The van der Waals surface area contributed by atoms with Crippen molar-refractivity contribution in [2.24, 2.45) is 18.4 Å². The maximum Gasteiger partial charge on any atom is 0.437 e. The number of carbonyl (C=O) groups excluding carboxylic acids is 2. The molecule has 4 heterocycles. The van der Waals surface area contributed by atoms with Gasteiger partial charge in [-0.3, -0.25) is 4.79 Å². The standard InChI is InChI=1S/C19H25F3N6O3/c1-26-24-12(16(25-26)19(20,21)22)4-11-5-18(6-11)9-28(10-18)17(30)27-3-2-14-13(7-27)23-15(29)8-31-14/h11,13-14H,2-10H2,1H3,(H,23,29)/t13-,14?/m1/s1. The molecule has 1 aromatic rings. The zero-order valence-electron chi connectivity index (χ0n) is 17.2. The molecule has 31 heavy (non-hydrogen) atoms. The average molecular weight is 442 g/mol. The van der Waals surface area contributed by atoms with E-state index in [2.05, 4.69) is 15.5 Å². The monoisotopic (exact) mass is 442 g/mol. The number of amides is 3. The van der Waals surface area contributed by atoms with Gasteiger partial charge in [0.05, 0.1) is 17.8 Å². The van der Waals surface area contributed by atoms with Crippen LogP contribution in [0.4, 0.5) is 18.0 Å². The third-order valence-electron chi connectivity index (χ3n) is 6.90. The van der Waals surface area contributed by atoms with E-state index in [-0.39, 0.29) is 54.1 Å². The number of fused-ring (bicyclic) bond motifs is 1. The first-order valence-electron chi connectivity index (χ1n) is 10.5. The third kappa shape index (κ3) is 3.74. The molecule has 2 atom stereocenters. The fourth-order valence-corrected chi connectivity index (χ4v) is 5.62. The van der Waals surface area contributed by atoms with Gasteiger partial charge in [-0.15, -0.1) is 5.10 Å². The molecule has 1 unspecified atom stereocenters. The molecule has 170 valence electrons. The van der Waals surface area contributed by atoms with E-state index in [1.54, 1.807) is 9.80 Å². The number of hydrogen-bond donors (Lipinski definition) is 1.